The van der Waals surface area contributed by atoms with E-state index < -0.39 is 18.4 Å². The minimum atomic E-state index is -0.965. The van der Waals surface area contributed by atoms with Gasteiger partial charge in [0.2, 0.25) is 6.23 Å². The molecule has 2 amide bonds. The second-order valence-electron chi connectivity index (χ2n) is 3.51. The summed E-state index contributed by atoms with van der Waals surface area (Å²) in [5.41, 5.74) is 0. The molecule has 1 unspecified atom stereocenters. The lowest BCUT2D eigenvalue weighted by Crippen LogP contribution is -2.52. The molecule has 1 aliphatic heterocycles. The number of amides is 2. The Morgan fingerprint density at radius 1 is 1.62 bits per heavy atom. The number of hydrogen-bond acceptors (Lipinski definition) is 5. The summed E-state index contributed by atoms with van der Waals surface area (Å²) in [5.74, 6) is 0. The molecule has 0 aromatic heterocycles. The third kappa shape index (κ3) is 2.99. The minimum Gasteiger partial charge on any atom is -0.434 e. The quantitative estimate of drug-likeness (QED) is 0.580. The van der Waals surface area contributed by atoms with Gasteiger partial charge in [-0.2, -0.15) is 5.06 Å². The molecule has 1 rings (SSSR count). The van der Waals surface area contributed by atoms with Gasteiger partial charge in [-0.1, -0.05) is 6.92 Å². The summed E-state index contributed by atoms with van der Waals surface area (Å²) in [7, 11) is 1.55. The Hall–Kier alpha value is -1.50. The van der Waals surface area contributed by atoms with Crippen molar-refractivity contribution < 1.29 is 24.3 Å². The van der Waals surface area contributed by atoms with Crippen LogP contribution in [0.25, 0.3) is 0 Å². The van der Waals surface area contributed by atoms with Gasteiger partial charge in [0.1, 0.15) is 0 Å². The van der Waals surface area contributed by atoms with Crippen molar-refractivity contribution >= 4 is 12.2 Å². The van der Waals surface area contributed by atoms with Crippen molar-refractivity contribution in [3.05, 3.63) is 0 Å². The zero-order chi connectivity index (χ0) is 12.1. The summed E-state index contributed by atoms with van der Waals surface area (Å²) in [6.45, 7) is 2.52. The van der Waals surface area contributed by atoms with Crippen molar-refractivity contribution in [1.29, 1.82) is 0 Å². The van der Waals surface area contributed by atoms with Crippen LogP contribution in [0.1, 0.15) is 19.8 Å². The molecule has 1 N–H and O–H groups in total. The highest BCUT2D eigenvalue weighted by molar-refractivity contribution is 5.74. The van der Waals surface area contributed by atoms with E-state index in [2.05, 4.69) is 4.74 Å². The Morgan fingerprint density at radius 3 is 2.94 bits per heavy atom. The lowest BCUT2D eigenvalue weighted by Gasteiger charge is -2.34. The van der Waals surface area contributed by atoms with Gasteiger partial charge in [0.05, 0.1) is 6.61 Å². The van der Waals surface area contributed by atoms with Gasteiger partial charge in [0, 0.05) is 20.0 Å². The second-order valence-corrected chi connectivity index (χ2v) is 3.51. The molecule has 7 nitrogen and oxygen atoms in total. The van der Waals surface area contributed by atoms with Gasteiger partial charge < -0.3 is 14.4 Å². The van der Waals surface area contributed by atoms with Crippen LogP contribution in [-0.2, 0) is 9.47 Å². The fourth-order valence-corrected chi connectivity index (χ4v) is 1.26. The van der Waals surface area contributed by atoms with Crippen molar-refractivity contribution in [3.8, 4) is 0 Å². The number of hydrogen-bond donors (Lipinski definition) is 1. The van der Waals surface area contributed by atoms with Crippen LogP contribution < -0.4 is 0 Å². The molecular formula is C9H16N2O5. The maximum atomic E-state index is 11.3. The highest BCUT2D eigenvalue weighted by atomic mass is 16.7. The first-order valence-electron chi connectivity index (χ1n) is 5.13. The largest absolute Gasteiger partial charge is 0.510 e. The van der Waals surface area contributed by atoms with Crippen LogP contribution in [0.4, 0.5) is 9.59 Å². The van der Waals surface area contributed by atoms with Crippen molar-refractivity contribution in [2.24, 2.45) is 0 Å². The molecule has 0 bridgehead atoms. The smallest absolute Gasteiger partial charge is 0.434 e. The topological polar surface area (TPSA) is 79.3 Å². The molecule has 0 saturated carbocycles. The normalized spacial score (nSPS) is 20.9. The summed E-state index contributed by atoms with van der Waals surface area (Å²) < 4.78 is 9.47. The number of rotatable bonds is 3. The van der Waals surface area contributed by atoms with E-state index in [1.165, 1.54) is 4.90 Å². The zero-order valence-corrected chi connectivity index (χ0v) is 9.38. The third-order valence-corrected chi connectivity index (χ3v) is 2.16. The van der Waals surface area contributed by atoms with E-state index in [9.17, 15) is 14.8 Å². The summed E-state index contributed by atoms with van der Waals surface area (Å²) in [5, 5.41) is 9.79. The fraction of sp³-hybridized carbons (Fsp3) is 0.778. The minimum absolute atomic E-state index is 0.255. The average Bonchev–Trinajstić information content (AvgIpc) is 2.27. The van der Waals surface area contributed by atoms with Gasteiger partial charge in [0.25, 0.3) is 0 Å². The number of hydroxylamine groups is 2. The van der Waals surface area contributed by atoms with E-state index in [-0.39, 0.29) is 6.61 Å². The Bertz CT molecular complexity index is 271. The van der Waals surface area contributed by atoms with Crippen LogP contribution in [0.5, 0.6) is 0 Å². The predicted molar refractivity (Wildman–Crippen MR) is 52.8 cm³/mol. The van der Waals surface area contributed by atoms with Gasteiger partial charge in [-0.3, -0.25) is 5.21 Å². The molecule has 0 spiro atoms. The second kappa shape index (κ2) is 5.55. The predicted octanol–water partition coefficient (Wildman–Crippen LogP) is 1.02. The highest BCUT2D eigenvalue weighted by Gasteiger charge is 2.33. The van der Waals surface area contributed by atoms with Crippen LogP contribution in [-0.4, -0.2) is 53.8 Å². The van der Waals surface area contributed by atoms with Gasteiger partial charge in [0.15, 0.2) is 0 Å². The van der Waals surface area contributed by atoms with Crippen LogP contribution >= 0.6 is 0 Å². The number of carbonyl (C=O) groups excluding carboxylic acids is 2. The van der Waals surface area contributed by atoms with Gasteiger partial charge in [-0.25, -0.2) is 9.59 Å². The van der Waals surface area contributed by atoms with Crippen LogP contribution in [0, 0.1) is 0 Å². The maximum absolute atomic E-state index is 11.3. The first-order chi connectivity index (χ1) is 7.56. The van der Waals surface area contributed by atoms with Crippen molar-refractivity contribution in [2.75, 3.05) is 20.2 Å². The van der Waals surface area contributed by atoms with E-state index in [1.54, 1.807) is 7.05 Å². The van der Waals surface area contributed by atoms with Gasteiger partial charge in [-0.05, 0) is 6.42 Å². The van der Waals surface area contributed by atoms with Gasteiger partial charge in [-0.15, -0.1) is 0 Å². The van der Waals surface area contributed by atoms with Crippen molar-refractivity contribution in [3.63, 3.8) is 0 Å². The summed E-state index contributed by atoms with van der Waals surface area (Å²) in [6, 6.07) is -0.598. The molecule has 1 atom stereocenters. The van der Waals surface area contributed by atoms with Crippen LogP contribution in [0.2, 0.25) is 0 Å². The fourth-order valence-electron chi connectivity index (χ4n) is 1.26. The van der Waals surface area contributed by atoms with E-state index in [1.807, 2.05) is 6.92 Å². The molecule has 0 radical (unpaired) electrons. The number of urea groups is 1. The molecule has 0 aliphatic carbocycles. The first kappa shape index (κ1) is 12.6. The lowest BCUT2D eigenvalue weighted by atomic mass is 10.3. The standard InChI is InChI=1S/C9H16N2O5/c1-3-6-15-9(13)16-7-4-5-10(2)8(12)11(7)14/h7,14H,3-6H2,1-2H3. The van der Waals surface area contributed by atoms with Crippen LogP contribution in [0.15, 0.2) is 0 Å². The SMILES string of the molecule is CCCOC(=O)OC1CCN(C)C(=O)N1O. The molecule has 0 aromatic carbocycles. The summed E-state index contributed by atoms with van der Waals surface area (Å²) >= 11 is 0. The maximum Gasteiger partial charge on any atom is 0.510 e. The molecule has 1 saturated heterocycles. The van der Waals surface area contributed by atoms with E-state index in [0.29, 0.717) is 24.4 Å². The Balaban J connectivity index is 2.42. The molecule has 16 heavy (non-hydrogen) atoms. The molecule has 1 fully saturated rings. The first-order valence-corrected chi connectivity index (χ1v) is 5.13. The van der Waals surface area contributed by atoms with E-state index >= 15 is 0 Å². The van der Waals surface area contributed by atoms with Gasteiger partial charge >= 0.3 is 12.2 Å². The van der Waals surface area contributed by atoms with E-state index in [0.717, 1.165) is 0 Å². The van der Waals surface area contributed by atoms with Crippen molar-refractivity contribution in [2.45, 2.75) is 26.0 Å². The Morgan fingerprint density at radius 2 is 2.31 bits per heavy atom. The number of nitrogens with zero attached hydrogens (tertiary/aromatic N) is 2. The summed E-state index contributed by atoms with van der Waals surface area (Å²) in [4.78, 5) is 23.7. The Kier molecular flexibility index (Phi) is 4.36. The highest BCUT2D eigenvalue weighted by Crippen LogP contribution is 2.14. The monoisotopic (exact) mass is 232 g/mol. The third-order valence-electron chi connectivity index (χ3n) is 2.16. The molecule has 7 heteroatoms. The molecular weight excluding hydrogens is 216 g/mol. The molecule has 1 heterocycles. The van der Waals surface area contributed by atoms with Crippen molar-refractivity contribution in [1.82, 2.24) is 9.96 Å². The van der Waals surface area contributed by atoms with E-state index in [4.69, 9.17) is 4.74 Å². The molecule has 1 aliphatic rings. The van der Waals surface area contributed by atoms with Crippen LogP contribution in [0.3, 0.4) is 0 Å². The molecule has 0 aromatic rings. The Labute approximate surface area is 93.5 Å². The number of ether oxygens (including phenoxy) is 2. The zero-order valence-electron chi connectivity index (χ0n) is 9.38. The molecule has 92 valence electrons. The number of carbonyl (C=O) groups is 2. The lowest BCUT2D eigenvalue weighted by molar-refractivity contribution is -0.183. The average molecular weight is 232 g/mol. The summed E-state index contributed by atoms with van der Waals surface area (Å²) in [6.07, 6.45) is -0.805.